The molecule has 0 spiro atoms. The summed E-state index contributed by atoms with van der Waals surface area (Å²) in [4.78, 5) is 0. The van der Waals surface area contributed by atoms with Crippen LogP contribution in [-0.4, -0.2) is 0 Å². The van der Waals surface area contributed by atoms with Gasteiger partial charge in [-0.25, -0.2) is 0 Å². The first kappa shape index (κ1) is 44.1. The van der Waals surface area contributed by atoms with Crippen LogP contribution >= 0.6 is 0 Å². The molecule has 0 aromatic heterocycles. The van der Waals surface area contributed by atoms with Crippen molar-refractivity contribution in [2.24, 2.45) is 11.8 Å². The van der Waals surface area contributed by atoms with E-state index in [-0.39, 0.29) is 78.3 Å². The molecule has 0 aliphatic heterocycles. The molecule has 0 amide bonds. The predicted molar refractivity (Wildman–Crippen MR) is 136 cm³/mol. The summed E-state index contributed by atoms with van der Waals surface area (Å²) in [5.74, 6) is 1.47. The molecule has 0 N–H and O–H groups in total. The van der Waals surface area contributed by atoms with Crippen LogP contribution in [0.3, 0.4) is 0 Å². The van der Waals surface area contributed by atoms with Crippen molar-refractivity contribution >= 4 is 0 Å². The summed E-state index contributed by atoms with van der Waals surface area (Å²) in [5.41, 5.74) is 3.26. The Hall–Kier alpha value is 0.415. The van der Waals surface area contributed by atoms with E-state index in [1.54, 1.807) is 0 Å². The molecule has 0 bridgehead atoms. The second-order valence-electron chi connectivity index (χ2n) is 8.64. The maximum atomic E-state index is 4.28. The first-order chi connectivity index (χ1) is 11.2. The van der Waals surface area contributed by atoms with E-state index in [0.717, 1.165) is 24.7 Å². The Bertz CT molecular complexity index is 458. The van der Waals surface area contributed by atoms with Crippen LogP contribution in [0, 0.1) is 25.7 Å². The van der Waals surface area contributed by atoms with Crippen LogP contribution in [0.25, 0.3) is 0 Å². The number of rotatable bonds is 10. The quantitative estimate of drug-likeness (QED) is 0.406. The van der Waals surface area contributed by atoms with Gasteiger partial charge in [0.1, 0.15) is 0 Å². The van der Waals surface area contributed by atoms with Crippen LogP contribution < -0.4 is 37.7 Å². The zero-order valence-corrected chi connectivity index (χ0v) is 19.1. The molecule has 1 aromatic carbocycles. The van der Waals surface area contributed by atoms with Crippen molar-refractivity contribution in [3.8, 4) is 0 Å². The fraction of sp³-hybridized carbons (Fsp3) is 0.714. The average molecular weight is 407 g/mol. The summed E-state index contributed by atoms with van der Waals surface area (Å²) in [6.45, 7) is 22.6. The maximum absolute atomic E-state index is 4.28. The Morgan fingerprint density at radius 1 is 0.733 bits per heavy atom. The number of benzene rings is 1. The molecule has 1 rings (SSSR count). The molecule has 30 heavy (non-hydrogen) atoms. The van der Waals surface area contributed by atoms with E-state index in [9.17, 15) is 0 Å². The standard InChI is InChI=1S/C24H40.4CH4.2Li/c1-9-19(5)17-23(7,11-3)21-14-13-15-22(16-21)24(8,12-4)18-20(6)10-2;;;;;;/h13-16,19-20H,3-4,9-12,17-18H2,1-2,5-8H3;4*1H4;;/q-2;;;;;2*+1. The fourth-order valence-electron chi connectivity index (χ4n) is 3.83. The Labute approximate surface area is 218 Å². The van der Waals surface area contributed by atoms with E-state index in [2.05, 4.69) is 79.7 Å². The van der Waals surface area contributed by atoms with Gasteiger partial charge in [0.2, 0.25) is 0 Å². The minimum absolute atomic E-state index is 0. The third-order valence-electron chi connectivity index (χ3n) is 6.35. The largest absolute Gasteiger partial charge is 1.00 e. The summed E-state index contributed by atoms with van der Waals surface area (Å²) in [6, 6.07) is 9.33. The Morgan fingerprint density at radius 2 is 1.03 bits per heavy atom. The Balaban J connectivity index is -0.000000240. The topological polar surface area (TPSA) is 0 Å². The van der Waals surface area contributed by atoms with Crippen LogP contribution in [0.1, 0.15) is 121 Å². The smallest absolute Gasteiger partial charge is 0.342 e. The fourth-order valence-corrected chi connectivity index (χ4v) is 3.83. The van der Waals surface area contributed by atoms with Crippen molar-refractivity contribution in [3.05, 3.63) is 49.2 Å². The van der Waals surface area contributed by atoms with Crippen LogP contribution in [0.15, 0.2) is 24.3 Å². The zero-order valence-electron chi connectivity index (χ0n) is 19.1. The van der Waals surface area contributed by atoms with E-state index in [1.807, 2.05) is 0 Å². The van der Waals surface area contributed by atoms with Gasteiger partial charge in [0.05, 0.1) is 0 Å². The van der Waals surface area contributed by atoms with Gasteiger partial charge in [-0.05, 0) is 46.6 Å². The molecular weight excluding hydrogens is 350 g/mol. The first-order valence-electron chi connectivity index (χ1n) is 9.94. The molecule has 0 fully saturated rings. The SMILES string of the molecule is C.C.C.C.[CH2-]CC(C)(CC(C)CC)c1cccc(C(C)(C[CH2-])CC(C)CC)c1.[Li+].[Li+]. The molecule has 0 saturated heterocycles. The van der Waals surface area contributed by atoms with Crippen molar-refractivity contribution in [2.45, 2.75) is 121 Å². The van der Waals surface area contributed by atoms with E-state index in [4.69, 9.17) is 0 Å². The first-order valence-corrected chi connectivity index (χ1v) is 9.94. The van der Waals surface area contributed by atoms with Gasteiger partial charge in [0.25, 0.3) is 0 Å². The second-order valence-corrected chi connectivity index (χ2v) is 8.64. The summed E-state index contributed by atoms with van der Waals surface area (Å²) in [6.07, 6.45) is 6.80. The summed E-state index contributed by atoms with van der Waals surface area (Å²) >= 11 is 0. The van der Waals surface area contributed by atoms with Crippen LogP contribution in [0.5, 0.6) is 0 Å². The van der Waals surface area contributed by atoms with Gasteiger partial charge in [-0.2, -0.15) is 12.8 Å². The summed E-state index contributed by atoms with van der Waals surface area (Å²) < 4.78 is 0. The minimum Gasteiger partial charge on any atom is -0.342 e. The van der Waals surface area contributed by atoms with Gasteiger partial charge in [-0.1, -0.05) is 108 Å². The zero-order chi connectivity index (χ0) is 18.4. The molecule has 1 aromatic rings. The van der Waals surface area contributed by atoms with E-state index in [0.29, 0.717) is 0 Å². The monoisotopic (exact) mass is 406 g/mol. The molecular formula is C28H56Li2. The minimum atomic E-state index is 0. The van der Waals surface area contributed by atoms with Gasteiger partial charge >= 0.3 is 37.7 Å². The molecule has 0 nitrogen and oxygen atoms in total. The van der Waals surface area contributed by atoms with Crippen molar-refractivity contribution < 1.29 is 37.7 Å². The molecule has 2 heteroatoms. The van der Waals surface area contributed by atoms with Gasteiger partial charge in [-0.3, -0.25) is 0 Å². The van der Waals surface area contributed by atoms with Crippen molar-refractivity contribution in [3.63, 3.8) is 0 Å². The summed E-state index contributed by atoms with van der Waals surface area (Å²) in [5, 5.41) is 0. The molecule has 4 atom stereocenters. The van der Waals surface area contributed by atoms with Crippen LogP contribution in [0.4, 0.5) is 0 Å². The van der Waals surface area contributed by atoms with Gasteiger partial charge in [0, 0.05) is 0 Å². The molecule has 170 valence electrons. The normalized spacial score (nSPS) is 15.5. The summed E-state index contributed by atoms with van der Waals surface area (Å²) in [7, 11) is 0. The Morgan fingerprint density at radius 3 is 1.27 bits per heavy atom. The number of hydrogen-bond donors (Lipinski definition) is 0. The van der Waals surface area contributed by atoms with Crippen LogP contribution in [-0.2, 0) is 10.8 Å². The van der Waals surface area contributed by atoms with E-state index in [1.165, 1.54) is 36.8 Å². The van der Waals surface area contributed by atoms with E-state index >= 15 is 0 Å². The van der Waals surface area contributed by atoms with Crippen molar-refractivity contribution in [2.75, 3.05) is 0 Å². The third kappa shape index (κ3) is 11.9. The van der Waals surface area contributed by atoms with Gasteiger partial charge < -0.3 is 13.8 Å². The van der Waals surface area contributed by atoms with Gasteiger partial charge in [-0.15, -0.1) is 0 Å². The molecule has 0 radical (unpaired) electrons. The van der Waals surface area contributed by atoms with Crippen molar-refractivity contribution in [1.29, 1.82) is 0 Å². The van der Waals surface area contributed by atoms with Gasteiger partial charge in [0.15, 0.2) is 0 Å². The Kier molecular flexibility index (Phi) is 29.5. The van der Waals surface area contributed by atoms with E-state index < -0.39 is 0 Å². The predicted octanol–water partition coefficient (Wildman–Crippen LogP) is 4.08. The maximum Gasteiger partial charge on any atom is 1.00 e. The molecule has 4 unspecified atom stereocenters. The second kappa shape index (κ2) is 20.1. The molecule has 0 aliphatic rings. The average Bonchev–Trinajstić information content (AvgIpc) is 2.61. The van der Waals surface area contributed by atoms with Crippen LogP contribution in [0.2, 0.25) is 0 Å². The molecule has 0 saturated carbocycles. The number of hydrogen-bond acceptors (Lipinski definition) is 0. The van der Waals surface area contributed by atoms with Crippen molar-refractivity contribution in [1.82, 2.24) is 0 Å². The molecule has 0 heterocycles. The molecule has 0 aliphatic carbocycles. The third-order valence-corrected chi connectivity index (χ3v) is 6.35.